The number of rotatable bonds is 5. The lowest BCUT2D eigenvalue weighted by Crippen LogP contribution is -2.48. The molecule has 0 saturated heterocycles. The van der Waals surface area contributed by atoms with E-state index in [0.717, 1.165) is 5.01 Å². The van der Waals surface area contributed by atoms with Crippen molar-refractivity contribution in [1.29, 1.82) is 0 Å². The third kappa shape index (κ3) is 3.99. The molecule has 0 unspecified atom stereocenters. The number of hydrogen-bond acceptors (Lipinski definition) is 13. The Morgan fingerprint density at radius 1 is 1.11 bits per heavy atom. The van der Waals surface area contributed by atoms with Crippen LogP contribution in [0.15, 0.2) is 57.4 Å². The molecular formula is C19H15N9O7. The molecule has 2 aliphatic heterocycles. The molecule has 4 N–H and O–H groups in total. The van der Waals surface area contributed by atoms with Crippen molar-refractivity contribution in [2.75, 3.05) is 17.5 Å². The number of nitrogens with two attached hydrogens (primary N) is 1. The lowest BCUT2D eigenvalue weighted by Gasteiger charge is -2.23. The number of carbonyl (C=O) groups is 2. The van der Waals surface area contributed by atoms with E-state index >= 15 is 0 Å². The maximum Gasteiger partial charge on any atom is 0.269 e. The van der Waals surface area contributed by atoms with E-state index in [1.54, 1.807) is 12.1 Å². The second-order valence-electron chi connectivity index (χ2n) is 7.28. The quantitative estimate of drug-likeness (QED) is 0.346. The van der Waals surface area contributed by atoms with Crippen molar-refractivity contribution in [3.05, 3.63) is 63.7 Å². The Balaban J connectivity index is 1.37. The van der Waals surface area contributed by atoms with Crippen LogP contribution in [0.1, 0.15) is 22.0 Å². The Morgan fingerprint density at radius 3 is 2.71 bits per heavy atom. The highest BCUT2D eigenvalue weighted by molar-refractivity contribution is 5.96. The molecular weight excluding hydrogens is 466 g/mol. The van der Waals surface area contributed by atoms with E-state index < -0.39 is 28.8 Å². The first-order valence-corrected chi connectivity index (χ1v) is 9.94. The number of nitrogens with zero attached hydrogens (tertiary/aromatic N) is 6. The number of hydrazine groups is 1. The molecule has 3 aromatic rings. The highest BCUT2D eigenvalue weighted by Gasteiger charge is 2.42. The number of amides is 2. The summed E-state index contributed by atoms with van der Waals surface area (Å²) in [6.45, 7) is 0.0465. The number of carbonyl (C=O) groups excluding carboxylic acids is 2. The maximum absolute atomic E-state index is 13.0. The minimum Gasteiger partial charge on any atom is -0.454 e. The molecule has 0 bridgehead atoms. The average Bonchev–Trinajstić information content (AvgIpc) is 3.60. The van der Waals surface area contributed by atoms with Gasteiger partial charge < -0.3 is 15.2 Å². The molecule has 3 heterocycles. The highest BCUT2D eigenvalue weighted by atomic mass is 16.7. The van der Waals surface area contributed by atoms with E-state index in [0.29, 0.717) is 17.1 Å². The lowest BCUT2D eigenvalue weighted by molar-refractivity contribution is -0.384. The summed E-state index contributed by atoms with van der Waals surface area (Å²) in [5, 5.41) is 27.5. The van der Waals surface area contributed by atoms with Gasteiger partial charge in [0.05, 0.1) is 4.92 Å². The van der Waals surface area contributed by atoms with Gasteiger partial charge in [-0.15, -0.1) is 0 Å². The van der Waals surface area contributed by atoms with Crippen LogP contribution in [-0.4, -0.2) is 39.9 Å². The Morgan fingerprint density at radius 2 is 1.94 bits per heavy atom. The van der Waals surface area contributed by atoms with Gasteiger partial charge in [0.25, 0.3) is 17.5 Å². The number of benzene rings is 2. The molecule has 2 atom stereocenters. The zero-order chi connectivity index (χ0) is 24.5. The molecule has 2 amide bonds. The molecule has 178 valence electrons. The number of nitro groups is 1. The third-order valence-corrected chi connectivity index (χ3v) is 5.17. The smallest absolute Gasteiger partial charge is 0.269 e. The first kappa shape index (κ1) is 21.6. The van der Waals surface area contributed by atoms with Crippen LogP contribution in [0.3, 0.4) is 0 Å². The molecule has 16 nitrogen and oxygen atoms in total. The van der Waals surface area contributed by atoms with Gasteiger partial charge in [-0.1, -0.05) is 17.4 Å². The minimum atomic E-state index is -1.25. The largest absolute Gasteiger partial charge is 0.454 e. The van der Waals surface area contributed by atoms with Gasteiger partial charge in [-0.05, 0) is 34.1 Å². The van der Waals surface area contributed by atoms with Crippen LogP contribution < -0.4 is 31.1 Å². The predicted molar refractivity (Wildman–Crippen MR) is 114 cm³/mol. The Hall–Kier alpha value is -5.28. The van der Waals surface area contributed by atoms with E-state index in [-0.39, 0.29) is 29.7 Å². The van der Waals surface area contributed by atoms with Crippen LogP contribution in [0.25, 0.3) is 0 Å². The van der Waals surface area contributed by atoms with E-state index in [4.69, 9.17) is 15.2 Å². The van der Waals surface area contributed by atoms with Crippen molar-refractivity contribution in [3.63, 3.8) is 0 Å². The normalized spacial score (nSPS) is 17.9. The van der Waals surface area contributed by atoms with Gasteiger partial charge in [-0.2, -0.15) is 5.11 Å². The summed E-state index contributed by atoms with van der Waals surface area (Å²) in [5.74, 6) is -0.647. The van der Waals surface area contributed by atoms with Crippen LogP contribution in [-0.2, 0) is 4.79 Å². The summed E-state index contributed by atoms with van der Waals surface area (Å²) in [7, 11) is 0. The average molecular weight is 481 g/mol. The molecule has 2 aromatic carbocycles. The number of nitrogen functional groups attached to an aromatic ring is 1. The summed E-state index contributed by atoms with van der Waals surface area (Å²) in [6, 6.07) is 7.84. The number of non-ortho nitro benzene ring substituents is 1. The van der Waals surface area contributed by atoms with E-state index in [1.807, 2.05) is 0 Å². The van der Waals surface area contributed by atoms with Crippen LogP contribution >= 0.6 is 0 Å². The topological polar surface area (TPSA) is 213 Å². The van der Waals surface area contributed by atoms with Gasteiger partial charge in [-0.3, -0.25) is 30.6 Å². The molecule has 0 saturated carbocycles. The summed E-state index contributed by atoms with van der Waals surface area (Å²) in [6.07, 6.45) is 0. The fourth-order valence-electron chi connectivity index (χ4n) is 3.53. The molecule has 1 aromatic heterocycles. The Bertz CT molecular complexity index is 1360. The zero-order valence-corrected chi connectivity index (χ0v) is 17.5. The van der Waals surface area contributed by atoms with E-state index in [2.05, 4.69) is 36.1 Å². The lowest BCUT2D eigenvalue weighted by atomic mass is 9.98. The van der Waals surface area contributed by atoms with Gasteiger partial charge in [0, 0.05) is 17.7 Å². The van der Waals surface area contributed by atoms with Gasteiger partial charge in [0.1, 0.15) is 6.04 Å². The molecule has 0 radical (unpaired) electrons. The number of nitrogens with one attached hydrogen (secondary N) is 2. The number of ether oxygens (including phenoxy) is 2. The van der Waals surface area contributed by atoms with Crippen molar-refractivity contribution in [3.8, 4) is 11.5 Å². The number of nitro benzene ring substituents is 1. The van der Waals surface area contributed by atoms with Crippen molar-refractivity contribution in [2.24, 2.45) is 10.3 Å². The third-order valence-electron chi connectivity index (χ3n) is 5.17. The second-order valence-corrected chi connectivity index (χ2v) is 7.28. The minimum absolute atomic E-state index is 0.0371. The fourth-order valence-corrected chi connectivity index (χ4v) is 3.53. The van der Waals surface area contributed by atoms with Crippen molar-refractivity contribution < 1.29 is 28.6 Å². The van der Waals surface area contributed by atoms with Gasteiger partial charge >= 0.3 is 0 Å². The maximum atomic E-state index is 13.0. The first-order chi connectivity index (χ1) is 16.9. The zero-order valence-electron chi connectivity index (χ0n) is 17.5. The fraction of sp³-hybridized carbons (Fsp3) is 0.158. The number of hydrogen-bond donors (Lipinski definition) is 3. The molecule has 2 aliphatic rings. The standard InChI is InChI=1S/C19H15N9O7/c20-16-17(25-35-24-16)27-15(9-2-1-3-11(6-9)28(31)32)14(21-26-27)19(30)23-22-18(29)10-4-5-12-13(7-10)34-8-33-12/h1-7,14-15H,8H2,(H2,20,24)(H,22,29)(H,23,30)/t14-,15+/m0/s1. The predicted octanol–water partition coefficient (Wildman–Crippen LogP) is 1.05. The van der Waals surface area contributed by atoms with Crippen molar-refractivity contribution in [2.45, 2.75) is 12.1 Å². The second kappa shape index (κ2) is 8.58. The molecule has 16 heteroatoms. The van der Waals surface area contributed by atoms with E-state index in [9.17, 15) is 19.7 Å². The monoisotopic (exact) mass is 481 g/mol. The summed E-state index contributed by atoms with van der Waals surface area (Å²) >= 11 is 0. The van der Waals surface area contributed by atoms with Crippen molar-refractivity contribution >= 4 is 29.1 Å². The Labute approximate surface area is 194 Å². The van der Waals surface area contributed by atoms with Gasteiger partial charge in [-0.25, -0.2) is 9.64 Å². The summed E-state index contributed by atoms with van der Waals surface area (Å²) < 4.78 is 15.1. The van der Waals surface area contributed by atoms with Crippen LogP contribution in [0.5, 0.6) is 11.5 Å². The summed E-state index contributed by atoms with van der Waals surface area (Å²) in [4.78, 5) is 36.2. The molecule has 0 aliphatic carbocycles. The molecule has 0 fully saturated rings. The number of anilines is 2. The van der Waals surface area contributed by atoms with Crippen LogP contribution in [0.2, 0.25) is 0 Å². The number of fused-ring (bicyclic) bond motifs is 1. The van der Waals surface area contributed by atoms with Crippen molar-refractivity contribution in [1.82, 2.24) is 21.2 Å². The van der Waals surface area contributed by atoms with Gasteiger partial charge in [0.15, 0.2) is 17.5 Å². The van der Waals surface area contributed by atoms with E-state index in [1.165, 1.54) is 30.3 Å². The van der Waals surface area contributed by atoms with Gasteiger partial charge in [0.2, 0.25) is 18.4 Å². The molecule has 5 rings (SSSR count). The first-order valence-electron chi connectivity index (χ1n) is 9.94. The highest BCUT2D eigenvalue weighted by Crippen LogP contribution is 2.38. The molecule has 0 spiro atoms. The Kier molecular flexibility index (Phi) is 5.28. The number of aromatic nitrogens is 2. The SMILES string of the molecule is Nc1nonc1N1N=N[C@H](C(=O)NNC(=O)c2ccc3c(c2)OCO3)[C@H]1c1cccc([N+](=O)[O-])c1. The van der Waals surface area contributed by atoms with Crippen LogP contribution in [0.4, 0.5) is 17.3 Å². The van der Waals surface area contributed by atoms with Crippen LogP contribution in [0, 0.1) is 10.1 Å². The summed E-state index contributed by atoms with van der Waals surface area (Å²) in [5.41, 5.74) is 10.7. The molecule has 35 heavy (non-hydrogen) atoms.